The molecule has 0 spiro atoms. The molecule has 1 unspecified atom stereocenters. The fourth-order valence-electron chi connectivity index (χ4n) is 4.34. The molecule has 0 radical (unpaired) electrons. The molecule has 172 valence electrons. The number of halogens is 1. The number of amides is 2. The molecule has 7 nitrogen and oxygen atoms in total. The molecule has 2 heterocycles. The lowest BCUT2D eigenvalue weighted by molar-refractivity contribution is -0.0748. The van der Waals surface area contributed by atoms with Crippen LogP contribution in [0.15, 0.2) is 24.3 Å². The van der Waals surface area contributed by atoms with E-state index in [-0.39, 0.29) is 24.6 Å². The lowest BCUT2D eigenvalue weighted by Gasteiger charge is -2.46. The first kappa shape index (κ1) is 23.3. The van der Waals surface area contributed by atoms with Crippen LogP contribution in [0.1, 0.15) is 58.4 Å². The summed E-state index contributed by atoms with van der Waals surface area (Å²) >= 11 is 0. The van der Waals surface area contributed by atoms with Crippen LogP contribution in [0.3, 0.4) is 0 Å². The van der Waals surface area contributed by atoms with Crippen molar-refractivity contribution in [2.45, 2.75) is 70.1 Å². The summed E-state index contributed by atoms with van der Waals surface area (Å²) in [5.74, 6) is -0.353. The molecular formula is C23H33FN2O5. The smallest absolute Gasteiger partial charge is 0.410 e. The minimum absolute atomic E-state index is 0.0162. The van der Waals surface area contributed by atoms with E-state index in [0.29, 0.717) is 38.9 Å². The number of aliphatic hydroxyl groups excluding tert-OH is 1. The van der Waals surface area contributed by atoms with E-state index in [1.54, 1.807) is 21.9 Å². The van der Waals surface area contributed by atoms with Crippen molar-refractivity contribution in [3.63, 3.8) is 0 Å². The minimum Gasteiger partial charge on any atom is -0.444 e. The number of carbonyl (C=O) groups is 2. The predicted molar refractivity (Wildman–Crippen MR) is 113 cm³/mol. The number of aliphatic hydroxyl groups is 1. The first-order chi connectivity index (χ1) is 14.6. The number of ether oxygens (including phenoxy) is 2. The van der Waals surface area contributed by atoms with E-state index >= 15 is 0 Å². The molecule has 3 rings (SSSR count). The van der Waals surface area contributed by atoms with Gasteiger partial charge in [-0.1, -0.05) is 12.1 Å². The highest BCUT2D eigenvalue weighted by Crippen LogP contribution is 2.39. The van der Waals surface area contributed by atoms with Crippen molar-refractivity contribution in [3.8, 4) is 0 Å². The van der Waals surface area contributed by atoms with Crippen molar-refractivity contribution in [3.05, 3.63) is 35.6 Å². The number of likely N-dealkylation sites (tertiary alicyclic amines) is 1. The highest BCUT2D eigenvalue weighted by Gasteiger charge is 2.44. The van der Waals surface area contributed by atoms with Crippen LogP contribution in [0.4, 0.5) is 14.0 Å². The highest BCUT2D eigenvalue weighted by atomic mass is 19.1. The first-order valence-corrected chi connectivity index (χ1v) is 11.0. The quantitative estimate of drug-likeness (QED) is 0.754. The Kier molecular flexibility index (Phi) is 7.09. The van der Waals surface area contributed by atoms with Crippen molar-refractivity contribution in [1.29, 1.82) is 0 Å². The van der Waals surface area contributed by atoms with Gasteiger partial charge in [0.15, 0.2) is 0 Å². The van der Waals surface area contributed by atoms with Gasteiger partial charge in [-0.25, -0.2) is 14.0 Å². The Labute approximate surface area is 183 Å². The summed E-state index contributed by atoms with van der Waals surface area (Å²) in [6.07, 6.45) is 2.23. The molecular weight excluding hydrogens is 403 g/mol. The van der Waals surface area contributed by atoms with E-state index in [2.05, 4.69) is 0 Å². The zero-order valence-electron chi connectivity index (χ0n) is 18.6. The zero-order valence-corrected chi connectivity index (χ0v) is 18.6. The molecule has 2 amide bonds. The van der Waals surface area contributed by atoms with Gasteiger partial charge in [0.05, 0.1) is 6.04 Å². The molecule has 2 aliphatic rings. The molecule has 0 aliphatic carbocycles. The maximum absolute atomic E-state index is 13.4. The predicted octanol–water partition coefficient (Wildman–Crippen LogP) is 4.04. The lowest BCUT2D eigenvalue weighted by atomic mass is 9.84. The summed E-state index contributed by atoms with van der Waals surface area (Å²) in [5, 5.41) is 9.33. The van der Waals surface area contributed by atoms with Gasteiger partial charge in [0, 0.05) is 32.7 Å². The van der Waals surface area contributed by atoms with E-state index in [1.807, 2.05) is 20.8 Å². The molecule has 2 atom stereocenters. The Morgan fingerprint density at radius 1 is 1.29 bits per heavy atom. The molecule has 0 bridgehead atoms. The first-order valence-electron chi connectivity index (χ1n) is 11.0. The van der Waals surface area contributed by atoms with Crippen molar-refractivity contribution in [1.82, 2.24) is 9.80 Å². The number of hydrogen-bond donors (Lipinski definition) is 1. The topological polar surface area (TPSA) is 79.3 Å². The van der Waals surface area contributed by atoms with E-state index in [1.165, 1.54) is 12.1 Å². The van der Waals surface area contributed by atoms with Crippen molar-refractivity contribution < 1.29 is 28.6 Å². The molecule has 2 saturated heterocycles. The number of cyclic esters (lactones) is 1. The number of rotatable bonds is 5. The average molecular weight is 437 g/mol. The summed E-state index contributed by atoms with van der Waals surface area (Å²) in [6, 6.07) is 5.85. The number of carbonyl (C=O) groups excluding carboxylic acids is 2. The lowest BCUT2D eigenvalue weighted by Crippen LogP contribution is -2.57. The third-order valence-electron chi connectivity index (χ3n) is 5.87. The number of hydrogen-bond acceptors (Lipinski definition) is 5. The number of piperidine rings is 1. The number of benzene rings is 1. The minimum atomic E-state index is -0.885. The van der Waals surface area contributed by atoms with Crippen LogP contribution in [0.5, 0.6) is 0 Å². The summed E-state index contributed by atoms with van der Waals surface area (Å²) in [5.41, 5.74) is -0.728. The summed E-state index contributed by atoms with van der Waals surface area (Å²) in [6.45, 7) is 6.95. The summed E-state index contributed by atoms with van der Waals surface area (Å²) in [7, 11) is 0. The Balaban J connectivity index is 1.71. The molecule has 2 fully saturated rings. The van der Waals surface area contributed by atoms with Gasteiger partial charge in [0.25, 0.3) is 0 Å². The molecule has 1 aromatic rings. The van der Waals surface area contributed by atoms with Crippen LogP contribution in [-0.4, -0.2) is 65.0 Å². The van der Waals surface area contributed by atoms with Crippen LogP contribution >= 0.6 is 0 Å². The van der Waals surface area contributed by atoms with Gasteiger partial charge in [0.2, 0.25) is 0 Å². The third-order valence-corrected chi connectivity index (χ3v) is 5.87. The maximum Gasteiger partial charge on any atom is 0.410 e. The molecule has 8 heteroatoms. The van der Waals surface area contributed by atoms with Gasteiger partial charge >= 0.3 is 12.2 Å². The second-order valence-corrected chi connectivity index (χ2v) is 9.36. The van der Waals surface area contributed by atoms with Crippen LogP contribution in [0, 0.1) is 5.82 Å². The fraction of sp³-hybridized carbons (Fsp3) is 0.652. The van der Waals surface area contributed by atoms with Crippen molar-refractivity contribution in [2.24, 2.45) is 0 Å². The van der Waals surface area contributed by atoms with Gasteiger partial charge in [-0.2, -0.15) is 0 Å². The maximum atomic E-state index is 13.4. The van der Waals surface area contributed by atoms with Gasteiger partial charge < -0.3 is 24.4 Å². The molecule has 0 saturated carbocycles. The largest absolute Gasteiger partial charge is 0.444 e. The molecule has 1 N–H and O–H groups in total. The van der Waals surface area contributed by atoms with Crippen LogP contribution in [0.25, 0.3) is 0 Å². The van der Waals surface area contributed by atoms with Crippen molar-refractivity contribution >= 4 is 12.2 Å². The van der Waals surface area contributed by atoms with Gasteiger partial charge in [-0.3, -0.25) is 0 Å². The van der Waals surface area contributed by atoms with Crippen LogP contribution < -0.4 is 0 Å². The molecule has 1 aromatic carbocycles. The zero-order chi connectivity index (χ0) is 22.6. The summed E-state index contributed by atoms with van der Waals surface area (Å²) < 4.78 is 24.9. The van der Waals surface area contributed by atoms with E-state index in [0.717, 1.165) is 18.4 Å². The second kappa shape index (κ2) is 9.42. The fourth-order valence-corrected chi connectivity index (χ4v) is 4.34. The SMILES string of the molecule is CC(C)(C)OC(=O)N1CCCC(N2CC[C@](CCCO)(c3ccc(F)cc3)OC2=O)C1. The Bertz CT molecular complexity index is 779. The normalized spacial score (nSPS) is 24.7. The Hall–Kier alpha value is -2.35. The summed E-state index contributed by atoms with van der Waals surface area (Å²) in [4.78, 5) is 28.9. The van der Waals surface area contributed by atoms with Crippen LogP contribution in [-0.2, 0) is 15.1 Å². The molecule has 0 aromatic heterocycles. The third kappa shape index (κ3) is 5.67. The second-order valence-electron chi connectivity index (χ2n) is 9.36. The van der Waals surface area contributed by atoms with Gasteiger partial charge in [-0.05, 0) is 64.2 Å². The van der Waals surface area contributed by atoms with Crippen LogP contribution in [0.2, 0.25) is 0 Å². The Morgan fingerprint density at radius 2 is 2.00 bits per heavy atom. The Morgan fingerprint density at radius 3 is 2.61 bits per heavy atom. The van der Waals surface area contributed by atoms with E-state index in [4.69, 9.17) is 9.47 Å². The van der Waals surface area contributed by atoms with E-state index in [9.17, 15) is 19.1 Å². The van der Waals surface area contributed by atoms with Gasteiger partial charge in [-0.15, -0.1) is 0 Å². The van der Waals surface area contributed by atoms with Crippen molar-refractivity contribution in [2.75, 3.05) is 26.2 Å². The molecule has 2 aliphatic heterocycles. The standard InChI is InChI=1S/C23H33FN2O5/c1-22(2,3)30-20(28)25-13-4-6-19(16-25)26-14-12-23(11-5-15-27,31-21(26)29)17-7-9-18(24)10-8-17/h7-10,19,27H,4-6,11-16H2,1-3H3/t19?,23-/m1/s1. The van der Waals surface area contributed by atoms with E-state index < -0.39 is 17.3 Å². The number of nitrogens with zero attached hydrogens (tertiary/aromatic N) is 2. The molecule has 31 heavy (non-hydrogen) atoms. The van der Waals surface area contributed by atoms with Gasteiger partial charge in [0.1, 0.15) is 17.0 Å². The average Bonchev–Trinajstić information content (AvgIpc) is 2.71. The monoisotopic (exact) mass is 436 g/mol. The highest BCUT2D eigenvalue weighted by molar-refractivity contribution is 5.71.